The van der Waals surface area contributed by atoms with Gasteiger partial charge in [0.05, 0.1) is 12.8 Å². The molecule has 0 bridgehead atoms. The van der Waals surface area contributed by atoms with Crippen LogP contribution in [0.4, 0.5) is 21.8 Å². The Hall–Kier alpha value is -2.76. The number of rotatable bonds is 3. The van der Waals surface area contributed by atoms with Crippen molar-refractivity contribution in [1.82, 2.24) is 4.98 Å². The Morgan fingerprint density at radius 3 is 2.85 bits per heavy atom. The largest absolute Gasteiger partial charge is 0.494 e. The standard InChI is InChI=1S/C14H12FN3O2/c1-19-11-6-5-8(7-9(11)15)17-14-18-13-10(16)3-2-4-12(13)20-14/h2-7H,16H2,1H3,(H,17,18). The summed E-state index contributed by atoms with van der Waals surface area (Å²) in [6.45, 7) is 0. The number of halogens is 1. The summed E-state index contributed by atoms with van der Waals surface area (Å²) in [6, 6.07) is 10.0. The summed E-state index contributed by atoms with van der Waals surface area (Å²) in [5.41, 5.74) is 7.98. The van der Waals surface area contributed by atoms with Gasteiger partial charge in [-0.3, -0.25) is 0 Å². The van der Waals surface area contributed by atoms with Gasteiger partial charge in [-0.25, -0.2) is 4.39 Å². The average Bonchev–Trinajstić information content (AvgIpc) is 2.83. The number of fused-ring (bicyclic) bond motifs is 1. The van der Waals surface area contributed by atoms with Crippen LogP contribution in [0.1, 0.15) is 0 Å². The van der Waals surface area contributed by atoms with E-state index < -0.39 is 5.82 Å². The summed E-state index contributed by atoms with van der Waals surface area (Å²) >= 11 is 0. The molecule has 1 heterocycles. The van der Waals surface area contributed by atoms with Crippen LogP contribution >= 0.6 is 0 Å². The van der Waals surface area contributed by atoms with Crippen molar-refractivity contribution in [2.75, 3.05) is 18.2 Å². The lowest BCUT2D eigenvalue weighted by Gasteiger charge is -2.04. The molecule has 0 fully saturated rings. The van der Waals surface area contributed by atoms with E-state index in [1.165, 1.54) is 19.2 Å². The Bertz CT molecular complexity index is 770. The van der Waals surface area contributed by atoms with E-state index in [4.69, 9.17) is 14.9 Å². The molecular weight excluding hydrogens is 261 g/mol. The fraction of sp³-hybridized carbons (Fsp3) is 0.0714. The van der Waals surface area contributed by atoms with Crippen LogP contribution in [0.3, 0.4) is 0 Å². The molecule has 6 heteroatoms. The molecule has 0 unspecified atom stereocenters. The van der Waals surface area contributed by atoms with Crippen molar-refractivity contribution in [2.45, 2.75) is 0 Å². The highest BCUT2D eigenvalue weighted by Gasteiger charge is 2.09. The van der Waals surface area contributed by atoms with Crippen molar-refractivity contribution >= 4 is 28.5 Å². The van der Waals surface area contributed by atoms with Crippen LogP contribution < -0.4 is 15.8 Å². The highest BCUT2D eigenvalue weighted by atomic mass is 19.1. The number of aromatic nitrogens is 1. The lowest BCUT2D eigenvalue weighted by molar-refractivity contribution is 0.386. The number of ether oxygens (including phenoxy) is 1. The van der Waals surface area contributed by atoms with Crippen LogP contribution in [0.25, 0.3) is 11.1 Å². The van der Waals surface area contributed by atoms with Crippen LogP contribution in [-0.4, -0.2) is 12.1 Å². The number of nitrogen functional groups attached to an aromatic ring is 1. The fourth-order valence-electron chi connectivity index (χ4n) is 1.89. The first-order chi connectivity index (χ1) is 9.67. The van der Waals surface area contributed by atoms with E-state index in [1.54, 1.807) is 24.3 Å². The molecule has 0 amide bonds. The maximum atomic E-state index is 13.6. The van der Waals surface area contributed by atoms with Gasteiger partial charge in [0.1, 0.15) is 5.52 Å². The van der Waals surface area contributed by atoms with Crippen LogP contribution in [-0.2, 0) is 0 Å². The molecular formula is C14H12FN3O2. The minimum absolute atomic E-state index is 0.178. The third-order valence-corrected chi connectivity index (χ3v) is 2.85. The molecule has 0 aliphatic rings. The number of benzene rings is 2. The highest BCUT2D eigenvalue weighted by Crippen LogP contribution is 2.27. The molecule has 1 aromatic heterocycles. The summed E-state index contributed by atoms with van der Waals surface area (Å²) in [5.74, 6) is -0.287. The van der Waals surface area contributed by atoms with Gasteiger partial charge in [0.25, 0.3) is 6.01 Å². The van der Waals surface area contributed by atoms with E-state index in [1.807, 2.05) is 0 Å². The van der Waals surface area contributed by atoms with Crippen molar-refractivity contribution in [3.63, 3.8) is 0 Å². The molecule has 0 aliphatic heterocycles. The molecule has 0 radical (unpaired) electrons. The Kier molecular flexibility index (Phi) is 2.90. The minimum atomic E-state index is -0.465. The van der Waals surface area contributed by atoms with Gasteiger partial charge in [0.15, 0.2) is 17.1 Å². The quantitative estimate of drug-likeness (QED) is 0.716. The third-order valence-electron chi connectivity index (χ3n) is 2.85. The van der Waals surface area contributed by atoms with Crippen molar-refractivity contribution in [3.05, 3.63) is 42.2 Å². The second-order valence-electron chi connectivity index (χ2n) is 4.19. The van der Waals surface area contributed by atoms with Gasteiger partial charge in [-0.05, 0) is 24.3 Å². The number of nitrogens with zero attached hydrogens (tertiary/aromatic N) is 1. The molecule has 0 saturated heterocycles. The number of nitrogens with two attached hydrogens (primary N) is 1. The van der Waals surface area contributed by atoms with Gasteiger partial charge in [-0.2, -0.15) is 4.98 Å². The summed E-state index contributed by atoms with van der Waals surface area (Å²) in [5, 5.41) is 2.88. The molecule has 0 atom stereocenters. The number of hydrogen-bond donors (Lipinski definition) is 2. The van der Waals surface area contributed by atoms with E-state index in [-0.39, 0.29) is 11.8 Å². The molecule has 2 aromatic carbocycles. The number of hydrogen-bond acceptors (Lipinski definition) is 5. The summed E-state index contributed by atoms with van der Waals surface area (Å²) in [7, 11) is 1.41. The van der Waals surface area contributed by atoms with Crippen molar-refractivity contribution < 1.29 is 13.5 Å². The maximum absolute atomic E-state index is 13.6. The van der Waals surface area contributed by atoms with E-state index in [0.717, 1.165) is 0 Å². The Morgan fingerprint density at radius 1 is 1.30 bits per heavy atom. The SMILES string of the molecule is COc1ccc(Nc2nc3c(N)cccc3o2)cc1F. The molecule has 3 N–H and O–H groups in total. The first-order valence-corrected chi connectivity index (χ1v) is 5.93. The number of anilines is 3. The Labute approximate surface area is 114 Å². The molecule has 0 saturated carbocycles. The van der Waals surface area contributed by atoms with E-state index in [9.17, 15) is 4.39 Å². The zero-order chi connectivity index (χ0) is 14.1. The second-order valence-corrected chi connectivity index (χ2v) is 4.19. The van der Waals surface area contributed by atoms with Crippen molar-refractivity contribution in [3.8, 4) is 5.75 Å². The second kappa shape index (κ2) is 4.73. The molecule has 20 heavy (non-hydrogen) atoms. The molecule has 0 spiro atoms. The highest BCUT2D eigenvalue weighted by molar-refractivity contribution is 5.86. The smallest absolute Gasteiger partial charge is 0.300 e. The molecule has 5 nitrogen and oxygen atoms in total. The summed E-state index contributed by atoms with van der Waals surface area (Å²) in [6.07, 6.45) is 0. The van der Waals surface area contributed by atoms with Gasteiger partial charge in [-0.1, -0.05) is 6.07 Å². The lowest BCUT2D eigenvalue weighted by Crippen LogP contribution is -1.93. The average molecular weight is 273 g/mol. The minimum Gasteiger partial charge on any atom is -0.494 e. The van der Waals surface area contributed by atoms with E-state index >= 15 is 0 Å². The number of methoxy groups -OCH3 is 1. The predicted molar refractivity (Wildman–Crippen MR) is 74.7 cm³/mol. The lowest BCUT2D eigenvalue weighted by atomic mass is 10.3. The third kappa shape index (κ3) is 2.11. The maximum Gasteiger partial charge on any atom is 0.300 e. The predicted octanol–water partition coefficient (Wildman–Crippen LogP) is 3.30. The normalized spacial score (nSPS) is 10.7. The monoisotopic (exact) mass is 273 g/mol. The topological polar surface area (TPSA) is 73.3 Å². The van der Waals surface area contributed by atoms with Crippen molar-refractivity contribution in [1.29, 1.82) is 0 Å². The zero-order valence-electron chi connectivity index (χ0n) is 10.7. The number of oxazole rings is 1. The first kappa shape index (κ1) is 12.3. The van der Waals surface area contributed by atoms with Gasteiger partial charge in [0.2, 0.25) is 0 Å². The van der Waals surface area contributed by atoms with Crippen LogP contribution in [0.2, 0.25) is 0 Å². The Morgan fingerprint density at radius 2 is 2.15 bits per heavy atom. The Balaban J connectivity index is 1.93. The summed E-state index contributed by atoms with van der Waals surface area (Å²) < 4.78 is 23.9. The van der Waals surface area contributed by atoms with Crippen LogP contribution in [0, 0.1) is 5.82 Å². The first-order valence-electron chi connectivity index (χ1n) is 5.93. The van der Waals surface area contributed by atoms with Crippen LogP contribution in [0.15, 0.2) is 40.8 Å². The number of nitrogens with one attached hydrogen (secondary N) is 1. The van der Waals surface area contributed by atoms with Crippen LogP contribution in [0.5, 0.6) is 5.75 Å². The molecule has 3 aromatic rings. The summed E-state index contributed by atoms with van der Waals surface area (Å²) in [4.78, 5) is 4.22. The number of para-hydroxylation sites is 1. The van der Waals surface area contributed by atoms with Gasteiger partial charge < -0.3 is 20.2 Å². The zero-order valence-corrected chi connectivity index (χ0v) is 10.7. The molecule has 3 rings (SSSR count). The van der Waals surface area contributed by atoms with Gasteiger partial charge in [0, 0.05) is 11.8 Å². The molecule has 102 valence electrons. The van der Waals surface area contributed by atoms with E-state index in [2.05, 4.69) is 10.3 Å². The van der Waals surface area contributed by atoms with E-state index in [0.29, 0.717) is 22.5 Å². The van der Waals surface area contributed by atoms with Gasteiger partial charge in [-0.15, -0.1) is 0 Å². The van der Waals surface area contributed by atoms with Crippen molar-refractivity contribution in [2.24, 2.45) is 0 Å². The van der Waals surface area contributed by atoms with Gasteiger partial charge >= 0.3 is 0 Å². The fourth-order valence-corrected chi connectivity index (χ4v) is 1.89. The molecule has 0 aliphatic carbocycles.